The predicted octanol–water partition coefficient (Wildman–Crippen LogP) is 1.23. The van der Waals surface area contributed by atoms with E-state index < -0.39 is 11.8 Å². The summed E-state index contributed by atoms with van der Waals surface area (Å²) in [5.41, 5.74) is 0.911. The van der Waals surface area contributed by atoms with E-state index in [0.29, 0.717) is 13.1 Å². The van der Waals surface area contributed by atoms with Crippen LogP contribution in [0.25, 0.3) is 0 Å². The fourth-order valence-corrected chi connectivity index (χ4v) is 1.46. The third-order valence-corrected chi connectivity index (χ3v) is 2.29. The zero-order valence-corrected chi connectivity index (χ0v) is 11.5. The lowest BCUT2D eigenvalue weighted by Gasteiger charge is -2.10. The van der Waals surface area contributed by atoms with Crippen LogP contribution in [0.4, 0.5) is 0 Å². The standard InChI is InChI=1S/C14H20N2O3/c1-4-15-13(17)14(18)16-9-11-5-7-12(8-6-11)19-10(2)3/h5-8,10H,4,9H2,1-3H3,(H,15,17)(H,16,18). The normalized spacial score (nSPS) is 10.1. The summed E-state index contributed by atoms with van der Waals surface area (Å²) < 4.78 is 5.51. The Balaban J connectivity index is 2.45. The summed E-state index contributed by atoms with van der Waals surface area (Å²) in [6.07, 6.45) is 0.128. The molecule has 5 nitrogen and oxygen atoms in total. The van der Waals surface area contributed by atoms with Crippen LogP contribution < -0.4 is 15.4 Å². The van der Waals surface area contributed by atoms with E-state index in [1.54, 1.807) is 6.92 Å². The molecule has 0 aliphatic carbocycles. The average molecular weight is 264 g/mol. The van der Waals surface area contributed by atoms with Gasteiger partial charge in [0.2, 0.25) is 0 Å². The maximum absolute atomic E-state index is 11.4. The molecule has 0 spiro atoms. The van der Waals surface area contributed by atoms with E-state index in [4.69, 9.17) is 4.74 Å². The lowest BCUT2D eigenvalue weighted by Crippen LogP contribution is -2.39. The van der Waals surface area contributed by atoms with Gasteiger partial charge in [-0.15, -0.1) is 0 Å². The Kier molecular flexibility index (Phi) is 5.85. The molecule has 1 aromatic carbocycles. The Morgan fingerprint density at radius 2 is 1.68 bits per heavy atom. The molecule has 0 aliphatic heterocycles. The third kappa shape index (κ3) is 5.42. The minimum atomic E-state index is -0.621. The van der Waals surface area contributed by atoms with Gasteiger partial charge in [-0.1, -0.05) is 12.1 Å². The largest absolute Gasteiger partial charge is 0.491 e. The highest BCUT2D eigenvalue weighted by Gasteiger charge is 2.11. The Bertz CT molecular complexity index is 427. The smallest absolute Gasteiger partial charge is 0.309 e. The van der Waals surface area contributed by atoms with Crippen LogP contribution >= 0.6 is 0 Å². The number of amides is 2. The van der Waals surface area contributed by atoms with Crippen molar-refractivity contribution in [1.29, 1.82) is 0 Å². The Morgan fingerprint density at radius 1 is 1.11 bits per heavy atom. The van der Waals surface area contributed by atoms with Gasteiger partial charge in [-0.2, -0.15) is 0 Å². The first-order valence-electron chi connectivity index (χ1n) is 6.34. The molecule has 0 saturated carbocycles. The molecular formula is C14H20N2O3. The first-order valence-corrected chi connectivity index (χ1v) is 6.34. The first-order chi connectivity index (χ1) is 9.02. The zero-order chi connectivity index (χ0) is 14.3. The maximum Gasteiger partial charge on any atom is 0.309 e. The number of hydrogen-bond acceptors (Lipinski definition) is 3. The number of rotatable bonds is 5. The molecule has 0 aromatic heterocycles. The molecule has 0 fully saturated rings. The van der Waals surface area contributed by atoms with Gasteiger partial charge in [0.25, 0.3) is 0 Å². The van der Waals surface area contributed by atoms with Crippen molar-refractivity contribution in [2.24, 2.45) is 0 Å². The molecule has 0 unspecified atom stereocenters. The molecule has 2 amide bonds. The number of carbonyl (C=O) groups excluding carboxylic acids is 2. The Hall–Kier alpha value is -2.04. The number of ether oxygens (including phenoxy) is 1. The molecule has 5 heteroatoms. The number of likely N-dealkylation sites (N-methyl/N-ethyl adjacent to an activating group) is 1. The maximum atomic E-state index is 11.4. The van der Waals surface area contributed by atoms with Crippen molar-refractivity contribution in [2.45, 2.75) is 33.4 Å². The van der Waals surface area contributed by atoms with Gasteiger partial charge in [0, 0.05) is 13.1 Å². The van der Waals surface area contributed by atoms with E-state index in [-0.39, 0.29) is 6.10 Å². The molecule has 19 heavy (non-hydrogen) atoms. The monoisotopic (exact) mass is 264 g/mol. The molecule has 0 aliphatic rings. The summed E-state index contributed by atoms with van der Waals surface area (Å²) in [5.74, 6) is -0.444. The second-order valence-corrected chi connectivity index (χ2v) is 4.35. The topological polar surface area (TPSA) is 67.4 Å². The van der Waals surface area contributed by atoms with Crippen LogP contribution in [0.1, 0.15) is 26.3 Å². The van der Waals surface area contributed by atoms with Gasteiger partial charge >= 0.3 is 11.8 Å². The summed E-state index contributed by atoms with van der Waals surface area (Å²) in [6.45, 7) is 6.44. The summed E-state index contributed by atoms with van der Waals surface area (Å²) in [4.78, 5) is 22.6. The Morgan fingerprint density at radius 3 is 2.21 bits per heavy atom. The fraction of sp³-hybridized carbons (Fsp3) is 0.429. The van der Waals surface area contributed by atoms with Crippen LogP contribution in [-0.4, -0.2) is 24.5 Å². The second kappa shape index (κ2) is 7.41. The molecule has 1 aromatic rings. The van der Waals surface area contributed by atoms with Gasteiger partial charge in [0.15, 0.2) is 0 Å². The number of nitrogens with one attached hydrogen (secondary N) is 2. The van der Waals surface area contributed by atoms with Gasteiger partial charge < -0.3 is 15.4 Å². The average Bonchev–Trinajstić information content (AvgIpc) is 2.37. The Labute approximate surface area is 113 Å². The van der Waals surface area contributed by atoms with Gasteiger partial charge in [-0.25, -0.2) is 0 Å². The number of carbonyl (C=O) groups is 2. The van der Waals surface area contributed by atoms with E-state index in [9.17, 15) is 9.59 Å². The minimum absolute atomic E-state index is 0.128. The molecule has 0 heterocycles. The predicted molar refractivity (Wildman–Crippen MR) is 72.7 cm³/mol. The highest BCUT2D eigenvalue weighted by atomic mass is 16.5. The highest BCUT2D eigenvalue weighted by Crippen LogP contribution is 2.13. The van der Waals surface area contributed by atoms with Gasteiger partial charge in [0.1, 0.15) is 5.75 Å². The van der Waals surface area contributed by atoms with Crippen LogP contribution in [0, 0.1) is 0 Å². The van der Waals surface area contributed by atoms with Crippen LogP contribution in [0.2, 0.25) is 0 Å². The summed E-state index contributed by atoms with van der Waals surface area (Å²) >= 11 is 0. The van der Waals surface area contributed by atoms with Crippen molar-refractivity contribution in [3.8, 4) is 5.75 Å². The van der Waals surface area contributed by atoms with Crippen molar-refractivity contribution in [1.82, 2.24) is 10.6 Å². The number of hydrogen-bond donors (Lipinski definition) is 2. The summed E-state index contributed by atoms with van der Waals surface area (Å²) in [7, 11) is 0. The molecule has 2 N–H and O–H groups in total. The van der Waals surface area contributed by atoms with Crippen molar-refractivity contribution in [3.05, 3.63) is 29.8 Å². The third-order valence-electron chi connectivity index (χ3n) is 2.29. The van der Waals surface area contributed by atoms with Crippen LogP contribution in [-0.2, 0) is 16.1 Å². The van der Waals surface area contributed by atoms with E-state index in [1.165, 1.54) is 0 Å². The SMILES string of the molecule is CCNC(=O)C(=O)NCc1ccc(OC(C)C)cc1. The lowest BCUT2D eigenvalue weighted by atomic mass is 10.2. The zero-order valence-electron chi connectivity index (χ0n) is 11.5. The van der Waals surface area contributed by atoms with Crippen LogP contribution in [0.5, 0.6) is 5.75 Å². The molecule has 0 radical (unpaired) electrons. The summed E-state index contributed by atoms with van der Waals surface area (Å²) in [5, 5.41) is 4.99. The molecule has 0 bridgehead atoms. The van der Waals surface area contributed by atoms with Crippen molar-refractivity contribution >= 4 is 11.8 Å². The van der Waals surface area contributed by atoms with Crippen molar-refractivity contribution < 1.29 is 14.3 Å². The van der Waals surface area contributed by atoms with Crippen LogP contribution in [0.3, 0.4) is 0 Å². The van der Waals surface area contributed by atoms with E-state index >= 15 is 0 Å². The second-order valence-electron chi connectivity index (χ2n) is 4.35. The number of benzene rings is 1. The fourth-order valence-electron chi connectivity index (χ4n) is 1.46. The molecule has 104 valence electrons. The van der Waals surface area contributed by atoms with Crippen molar-refractivity contribution in [3.63, 3.8) is 0 Å². The highest BCUT2D eigenvalue weighted by molar-refractivity contribution is 6.35. The first kappa shape index (κ1) is 15.0. The minimum Gasteiger partial charge on any atom is -0.491 e. The molecule has 1 rings (SSSR count). The van der Waals surface area contributed by atoms with E-state index in [0.717, 1.165) is 11.3 Å². The molecule has 0 saturated heterocycles. The van der Waals surface area contributed by atoms with Crippen molar-refractivity contribution in [2.75, 3.05) is 6.54 Å². The molecule has 0 atom stereocenters. The van der Waals surface area contributed by atoms with E-state index in [1.807, 2.05) is 38.1 Å². The quantitative estimate of drug-likeness (QED) is 0.786. The van der Waals surface area contributed by atoms with Gasteiger partial charge in [0.05, 0.1) is 6.10 Å². The van der Waals surface area contributed by atoms with Crippen LogP contribution in [0.15, 0.2) is 24.3 Å². The lowest BCUT2D eigenvalue weighted by molar-refractivity contribution is -0.139. The van der Waals surface area contributed by atoms with Gasteiger partial charge in [-0.05, 0) is 38.5 Å². The summed E-state index contributed by atoms with van der Waals surface area (Å²) in [6, 6.07) is 7.40. The molecular weight excluding hydrogens is 244 g/mol. The van der Waals surface area contributed by atoms with Gasteiger partial charge in [-0.3, -0.25) is 9.59 Å². The van der Waals surface area contributed by atoms with E-state index in [2.05, 4.69) is 10.6 Å².